The van der Waals surface area contributed by atoms with Crippen LogP contribution in [0.25, 0.3) is 0 Å². The molecule has 3 N–H and O–H groups in total. The number of carboxylic acid groups (broad SMARTS) is 1. The normalized spacial score (nSPS) is 14.8. The molecular formula is C24H26F3N3O5. The maximum atomic E-state index is 12.8. The summed E-state index contributed by atoms with van der Waals surface area (Å²) in [5.74, 6) is -0.972. The van der Waals surface area contributed by atoms with Gasteiger partial charge >= 0.3 is 18.2 Å². The lowest BCUT2D eigenvalue weighted by molar-refractivity contribution is -0.152. The third-order valence-corrected chi connectivity index (χ3v) is 5.58. The zero-order valence-electron chi connectivity index (χ0n) is 19.2. The monoisotopic (exact) mass is 493 g/mol. The van der Waals surface area contributed by atoms with E-state index >= 15 is 0 Å². The summed E-state index contributed by atoms with van der Waals surface area (Å²) in [4.78, 5) is 37.8. The number of amides is 3. The van der Waals surface area contributed by atoms with Crippen LogP contribution in [0.3, 0.4) is 0 Å². The summed E-state index contributed by atoms with van der Waals surface area (Å²) in [6, 6.07) is 9.64. The number of nitrogens with zero attached hydrogens (tertiary/aromatic N) is 1. The van der Waals surface area contributed by atoms with Gasteiger partial charge in [-0.3, -0.25) is 4.79 Å². The molecule has 3 amide bonds. The Morgan fingerprint density at radius 2 is 1.54 bits per heavy atom. The molecule has 0 bridgehead atoms. The second kappa shape index (κ2) is 10.2. The average molecular weight is 493 g/mol. The van der Waals surface area contributed by atoms with Crippen LogP contribution in [0, 0.1) is 0 Å². The number of hydrogen-bond acceptors (Lipinski definition) is 4. The molecule has 0 aromatic heterocycles. The number of ether oxygens (including phenoxy) is 1. The van der Waals surface area contributed by atoms with E-state index in [0.29, 0.717) is 37.2 Å². The van der Waals surface area contributed by atoms with E-state index < -0.39 is 29.3 Å². The lowest BCUT2D eigenvalue weighted by Gasteiger charge is -2.32. The molecule has 1 heterocycles. The minimum atomic E-state index is -4.45. The van der Waals surface area contributed by atoms with Crippen molar-refractivity contribution in [3.63, 3.8) is 0 Å². The summed E-state index contributed by atoms with van der Waals surface area (Å²) < 4.78 is 43.4. The Hall–Kier alpha value is -3.76. The predicted molar refractivity (Wildman–Crippen MR) is 121 cm³/mol. The molecule has 35 heavy (non-hydrogen) atoms. The third kappa shape index (κ3) is 6.87. The maximum Gasteiger partial charge on any atom is 0.416 e. The number of carbonyl (C=O) groups is 3. The van der Waals surface area contributed by atoms with Crippen LogP contribution in [-0.2, 0) is 11.0 Å². The van der Waals surface area contributed by atoms with Crippen molar-refractivity contribution in [2.45, 2.75) is 44.5 Å². The van der Waals surface area contributed by atoms with Crippen LogP contribution in [-0.4, -0.2) is 52.6 Å². The maximum absolute atomic E-state index is 12.8. The van der Waals surface area contributed by atoms with Crippen LogP contribution >= 0.6 is 0 Å². The van der Waals surface area contributed by atoms with Crippen molar-refractivity contribution in [2.75, 3.05) is 18.4 Å². The number of rotatable bonds is 6. The van der Waals surface area contributed by atoms with Gasteiger partial charge < -0.3 is 25.4 Å². The fourth-order valence-corrected chi connectivity index (χ4v) is 3.51. The number of urea groups is 1. The standard InChI is InChI=1S/C24H26F3N3O5/c1-23(2,21(32)33)35-19-9-3-15(4-10-19)20(31)30-13-11-18(12-14-30)29-22(34)28-17-7-5-16(6-8-17)24(25,26)27/h3-10,18H,11-14H2,1-2H3,(H,32,33)(H2,28,29,34). The summed E-state index contributed by atoms with van der Waals surface area (Å²) in [5, 5.41) is 14.4. The molecule has 0 radical (unpaired) electrons. The zero-order valence-corrected chi connectivity index (χ0v) is 19.2. The molecule has 0 aliphatic carbocycles. The molecule has 11 heteroatoms. The van der Waals surface area contributed by atoms with Crippen molar-refractivity contribution < 1.29 is 37.4 Å². The van der Waals surface area contributed by atoms with Crippen molar-refractivity contribution >= 4 is 23.6 Å². The van der Waals surface area contributed by atoms with Gasteiger partial charge in [0.05, 0.1) is 5.56 Å². The molecule has 8 nitrogen and oxygen atoms in total. The highest BCUT2D eigenvalue weighted by molar-refractivity contribution is 5.94. The van der Waals surface area contributed by atoms with E-state index in [2.05, 4.69) is 10.6 Å². The number of carbonyl (C=O) groups excluding carboxylic acids is 2. The van der Waals surface area contributed by atoms with Crippen LogP contribution < -0.4 is 15.4 Å². The van der Waals surface area contributed by atoms with Gasteiger partial charge in [-0.15, -0.1) is 0 Å². The molecule has 1 aliphatic rings. The van der Waals surface area contributed by atoms with Gasteiger partial charge in [-0.1, -0.05) is 0 Å². The first-order chi connectivity index (χ1) is 16.3. The largest absolute Gasteiger partial charge is 0.478 e. The molecular weight excluding hydrogens is 467 g/mol. The number of aliphatic carboxylic acids is 1. The first kappa shape index (κ1) is 25.9. The molecule has 0 spiro atoms. The third-order valence-electron chi connectivity index (χ3n) is 5.58. The van der Waals surface area contributed by atoms with E-state index in [-0.39, 0.29) is 17.6 Å². The lowest BCUT2D eigenvalue weighted by atomic mass is 10.0. The average Bonchev–Trinajstić information content (AvgIpc) is 2.79. The van der Waals surface area contributed by atoms with Gasteiger partial charge in [0, 0.05) is 30.4 Å². The van der Waals surface area contributed by atoms with E-state index in [1.807, 2.05) is 0 Å². The Morgan fingerprint density at radius 3 is 2.06 bits per heavy atom. The number of anilines is 1. The van der Waals surface area contributed by atoms with Gasteiger partial charge in [0.15, 0.2) is 5.60 Å². The quantitative estimate of drug-likeness (QED) is 0.554. The van der Waals surface area contributed by atoms with E-state index in [1.54, 1.807) is 17.0 Å². The van der Waals surface area contributed by atoms with Crippen LogP contribution in [0.4, 0.5) is 23.7 Å². The molecule has 1 aliphatic heterocycles. The summed E-state index contributed by atoms with van der Waals surface area (Å²) in [6.45, 7) is 3.68. The fourth-order valence-electron chi connectivity index (χ4n) is 3.51. The van der Waals surface area contributed by atoms with Crippen molar-refractivity contribution in [2.24, 2.45) is 0 Å². The van der Waals surface area contributed by atoms with E-state index in [0.717, 1.165) is 12.1 Å². The van der Waals surface area contributed by atoms with Crippen LogP contribution in [0.15, 0.2) is 48.5 Å². The second-order valence-electron chi connectivity index (χ2n) is 8.68. The molecule has 2 aromatic carbocycles. The van der Waals surface area contributed by atoms with Gasteiger partial charge in [-0.25, -0.2) is 9.59 Å². The van der Waals surface area contributed by atoms with Crippen LogP contribution in [0.1, 0.15) is 42.6 Å². The Kier molecular flexibility index (Phi) is 7.57. The number of likely N-dealkylation sites (tertiary alicyclic amines) is 1. The lowest BCUT2D eigenvalue weighted by Crippen LogP contribution is -2.47. The second-order valence-corrected chi connectivity index (χ2v) is 8.68. The van der Waals surface area contributed by atoms with Crippen LogP contribution in [0.5, 0.6) is 5.75 Å². The number of hydrogen-bond donors (Lipinski definition) is 3. The minimum absolute atomic E-state index is 0.192. The number of alkyl halides is 3. The van der Waals surface area contributed by atoms with Crippen molar-refractivity contribution in [1.82, 2.24) is 10.2 Å². The van der Waals surface area contributed by atoms with Gasteiger partial charge in [0.1, 0.15) is 5.75 Å². The highest BCUT2D eigenvalue weighted by Crippen LogP contribution is 2.29. The van der Waals surface area contributed by atoms with Crippen molar-refractivity contribution in [1.29, 1.82) is 0 Å². The van der Waals surface area contributed by atoms with Gasteiger partial charge in [-0.2, -0.15) is 13.2 Å². The molecule has 188 valence electrons. The summed E-state index contributed by atoms with van der Waals surface area (Å²) in [5.41, 5.74) is -1.54. The number of nitrogens with one attached hydrogen (secondary N) is 2. The molecule has 0 saturated carbocycles. The molecule has 3 rings (SSSR count). The predicted octanol–water partition coefficient (Wildman–Crippen LogP) is 4.37. The Labute approximate surface area is 200 Å². The summed E-state index contributed by atoms with van der Waals surface area (Å²) >= 11 is 0. The van der Waals surface area contributed by atoms with Gasteiger partial charge in [-0.05, 0) is 75.2 Å². The minimum Gasteiger partial charge on any atom is -0.478 e. The highest BCUT2D eigenvalue weighted by Gasteiger charge is 2.31. The molecule has 0 atom stereocenters. The van der Waals surface area contributed by atoms with Crippen molar-refractivity contribution in [3.8, 4) is 5.75 Å². The summed E-state index contributed by atoms with van der Waals surface area (Å²) in [6.07, 6.45) is -3.42. The first-order valence-corrected chi connectivity index (χ1v) is 10.9. The summed E-state index contributed by atoms with van der Waals surface area (Å²) in [7, 11) is 0. The zero-order chi connectivity index (χ0) is 25.8. The Morgan fingerprint density at radius 1 is 0.971 bits per heavy atom. The van der Waals surface area contributed by atoms with E-state index in [9.17, 15) is 27.6 Å². The van der Waals surface area contributed by atoms with E-state index in [4.69, 9.17) is 9.84 Å². The Bertz CT molecular complexity index is 1060. The Balaban J connectivity index is 1.47. The molecule has 1 saturated heterocycles. The molecule has 2 aromatic rings. The molecule has 1 fully saturated rings. The smallest absolute Gasteiger partial charge is 0.416 e. The van der Waals surface area contributed by atoms with Gasteiger partial charge in [0.25, 0.3) is 5.91 Å². The van der Waals surface area contributed by atoms with E-state index in [1.165, 1.54) is 38.1 Å². The topological polar surface area (TPSA) is 108 Å². The first-order valence-electron chi connectivity index (χ1n) is 10.9. The van der Waals surface area contributed by atoms with Gasteiger partial charge in [0.2, 0.25) is 0 Å². The molecule has 0 unspecified atom stereocenters. The number of halogens is 3. The SMILES string of the molecule is CC(C)(Oc1ccc(C(=O)N2CCC(NC(=O)Nc3ccc(C(F)(F)F)cc3)CC2)cc1)C(=O)O. The highest BCUT2D eigenvalue weighted by atomic mass is 19.4. The van der Waals surface area contributed by atoms with Crippen LogP contribution in [0.2, 0.25) is 0 Å². The number of carboxylic acids is 1. The van der Waals surface area contributed by atoms with Crippen molar-refractivity contribution in [3.05, 3.63) is 59.7 Å². The number of benzene rings is 2. The number of piperidine rings is 1. The fraction of sp³-hybridized carbons (Fsp3) is 0.375.